The summed E-state index contributed by atoms with van der Waals surface area (Å²) in [5.74, 6) is -2.54. The van der Waals surface area contributed by atoms with Crippen LogP contribution in [0.15, 0.2) is 12.3 Å². The third-order valence-corrected chi connectivity index (χ3v) is 3.99. The topological polar surface area (TPSA) is 97.7 Å². The summed E-state index contributed by atoms with van der Waals surface area (Å²) < 4.78 is -0.564. The second kappa shape index (κ2) is 12.1. The van der Waals surface area contributed by atoms with E-state index in [0.717, 1.165) is 32.1 Å². The van der Waals surface area contributed by atoms with Gasteiger partial charge in [0.2, 0.25) is 0 Å². The first-order valence-electron chi connectivity index (χ1n) is 7.42. The third kappa shape index (κ3) is 6.79. The zero-order valence-electron chi connectivity index (χ0n) is 14.1. The quantitative estimate of drug-likeness (QED) is 0.195. The molecule has 0 heterocycles. The van der Waals surface area contributed by atoms with Crippen molar-refractivity contribution in [1.82, 2.24) is 0 Å². The maximum Gasteiger partial charge on any atom is 1.00 e. The second-order valence-electron chi connectivity index (χ2n) is 5.38. The molecule has 0 amide bonds. The second-order valence-corrected chi connectivity index (χ2v) is 5.38. The molecule has 0 spiro atoms. The number of quaternary nitrogens is 1. The van der Waals surface area contributed by atoms with E-state index in [1.54, 1.807) is 6.08 Å². The van der Waals surface area contributed by atoms with Crippen LogP contribution in [-0.2, 0) is 9.59 Å². The molecule has 122 valence electrons. The molecule has 7 heteroatoms. The van der Waals surface area contributed by atoms with Crippen molar-refractivity contribution in [3.05, 3.63) is 12.3 Å². The van der Waals surface area contributed by atoms with Gasteiger partial charge in [0.25, 0.3) is 0 Å². The Bertz CT molecular complexity index is 353. The van der Waals surface area contributed by atoms with Crippen LogP contribution in [0.25, 0.3) is 0 Å². The van der Waals surface area contributed by atoms with E-state index in [9.17, 15) is 24.9 Å². The third-order valence-electron chi connectivity index (χ3n) is 3.99. The summed E-state index contributed by atoms with van der Waals surface area (Å²) in [6, 6.07) is -2.22. The molecule has 3 atom stereocenters. The smallest absolute Gasteiger partial charge is 0.544 e. The number of hydrogen-bond acceptors (Lipinski definition) is 4. The van der Waals surface area contributed by atoms with Gasteiger partial charge in [-0.1, -0.05) is 26.2 Å². The van der Waals surface area contributed by atoms with E-state index in [-0.39, 0.29) is 29.6 Å². The van der Waals surface area contributed by atoms with Crippen molar-refractivity contribution in [1.29, 1.82) is 0 Å². The van der Waals surface area contributed by atoms with Crippen LogP contribution in [0.1, 0.15) is 52.9 Å². The first kappa shape index (κ1) is 23.9. The van der Waals surface area contributed by atoms with Crippen LogP contribution >= 0.6 is 0 Å². The molecule has 3 unspecified atom stereocenters. The number of carbonyl (C=O) groups excluding carboxylic acids is 1. The zero-order valence-corrected chi connectivity index (χ0v) is 16.1. The molecule has 0 aromatic carbocycles. The Morgan fingerprint density at radius 3 is 2.18 bits per heavy atom. The van der Waals surface area contributed by atoms with Gasteiger partial charge in [-0.15, -0.1) is 0 Å². The molecular weight excluding hydrogens is 297 g/mol. The van der Waals surface area contributed by atoms with E-state index in [0.29, 0.717) is 0 Å². The summed E-state index contributed by atoms with van der Waals surface area (Å²) in [6.45, 7) is 4.25. The number of allylic oxidation sites excluding steroid dienone is 1. The minimum Gasteiger partial charge on any atom is -0.544 e. The number of rotatable bonds is 11. The van der Waals surface area contributed by atoms with Crippen molar-refractivity contribution in [3.8, 4) is 0 Å². The van der Waals surface area contributed by atoms with Gasteiger partial charge in [0.15, 0.2) is 12.8 Å². The predicted molar refractivity (Wildman–Crippen MR) is 76.8 cm³/mol. The number of aliphatic hydroxyl groups excluding tert-OH is 1. The Morgan fingerprint density at radius 2 is 1.77 bits per heavy atom. The van der Waals surface area contributed by atoms with Crippen LogP contribution in [0.2, 0.25) is 0 Å². The van der Waals surface area contributed by atoms with Crippen LogP contribution < -0.4 is 34.7 Å². The number of aliphatic carboxylic acids is 2. The average Bonchev–Trinajstić information content (AvgIpc) is 2.45. The number of carbonyl (C=O) groups is 2. The molecule has 0 bridgehead atoms. The van der Waals surface area contributed by atoms with Gasteiger partial charge in [-0.3, -0.25) is 4.48 Å². The summed E-state index contributed by atoms with van der Waals surface area (Å²) in [7, 11) is 0. The number of carboxylic acids is 2. The maximum absolute atomic E-state index is 11.2. The van der Waals surface area contributed by atoms with Gasteiger partial charge < -0.3 is 20.1 Å². The van der Waals surface area contributed by atoms with Gasteiger partial charge in [-0.2, -0.15) is 0 Å². The van der Waals surface area contributed by atoms with E-state index >= 15 is 0 Å². The molecule has 0 radical (unpaired) electrons. The first-order valence-corrected chi connectivity index (χ1v) is 7.42. The van der Waals surface area contributed by atoms with Gasteiger partial charge >= 0.3 is 35.5 Å². The number of nitrogens with zero attached hydrogens (tertiary/aromatic N) is 1. The fraction of sp³-hybridized carbons (Fsp3) is 0.733. The molecule has 22 heavy (non-hydrogen) atoms. The number of aliphatic hydroxyl groups is 1. The van der Waals surface area contributed by atoms with Gasteiger partial charge in [0.05, 0.1) is 12.2 Å². The zero-order chi connectivity index (χ0) is 16.5. The van der Waals surface area contributed by atoms with Crippen LogP contribution in [0.4, 0.5) is 0 Å². The Balaban J connectivity index is 0. The van der Waals surface area contributed by atoms with Crippen molar-refractivity contribution >= 4 is 11.9 Å². The standard InChI is InChI=1S/C15H27NO5.Na/c1-4-5-6-7-8-9-10-16(11-17,12(2)14(18)19)13(3)15(20)21;/h9-10,12-13,17H,4-8,11H2,1-3H3,(H-,18,19,20,21);/q;+1/b10-9+;. The molecule has 2 N–H and O–H groups in total. The normalized spacial score (nSPS) is 16.5. The fourth-order valence-corrected chi connectivity index (χ4v) is 2.25. The number of hydrogen-bond donors (Lipinski definition) is 2. The molecular formula is C15H27NNaO5+. The molecule has 0 aromatic rings. The average molecular weight is 324 g/mol. The van der Waals surface area contributed by atoms with Crippen molar-refractivity contribution in [2.75, 3.05) is 6.73 Å². The fourth-order valence-electron chi connectivity index (χ4n) is 2.25. The van der Waals surface area contributed by atoms with Crippen LogP contribution in [0.5, 0.6) is 0 Å². The van der Waals surface area contributed by atoms with Crippen molar-refractivity contribution in [2.45, 2.75) is 65.0 Å². The largest absolute Gasteiger partial charge is 1.00 e. The van der Waals surface area contributed by atoms with Gasteiger partial charge in [-0.25, -0.2) is 4.79 Å². The summed E-state index contributed by atoms with van der Waals surface area (Å²) in [6.07, 6.45) is 8.26. The van der Waals surface area contributed by atoms with E-state index in [1.807, 2.05) is 0 Å². The summed E-state index contributed by atoms with van der Waals surface area (Å²) in [5, 5.41) is 29.9. The SMILES string of the molecule is CCCCCC/C=C/[N+](CO)(C(C)C(=O)[O-])C(C)C(=O)O.[Na+]. The minimum absolute atomic E-state index is 0. The molecule has 0 aliphatic carbocycles. The number of unbranched alkanes of at least 4 members (excludes halogenated alkanes) is 4. The Hall–Kier alpha value is -0.400. The monoisotopic (exact) mass is 324 g/mol. The van der Waals surface area contributed by atoms with Crippen molar-refractivity contribution in [2.24, 2.45) is 0 Å². The van der Waals surface area contributed by atoms with Gasteiger partial charge in [-0.05, 0) is 32.8 Å². The summed E-state index contributed by atoms with van der Waals surface area (Å²) >= 11 is 0. The van der Waals surface area contributed by atoms with E-state index in [1.165, 1.54) is 20.0 Å². The van der Waals surface area contributed by atoms with Crippen LogP contribution in [0, 0.1) is 0 Å². The Labute approximate surface area is 154 Å². The van der Waals surface area contributed by atoms with Crippen LogP contribution in [-0.4, -0.2) is 45.4 Å². The van der Waals surface area contributed by atoms with Crippen LogP contribution in [0.3, 0.4) is 0 Å². The molecule has 0 saturated heterocycles. The molecule has 0 aromatic heterocycles. The first-order chi connectivity index (χ1) is 9.83. The van der Waals surface area contributed by atoms with Gasteiger partial charge in [0, 0.05) is 0 Å². The molecule has 0 saturated carbocycles. The summed E-state index contributed by atoms with van der Waals surface area (Å²) in [4.78, 5) is 22.4. The maximum atomic E-state index is 11.2. The van der Waals surface area contributed by atoms with E-state index in [4.69, 9.17) is 0 Å². The van der Waals surface area contributed by atoms with Gasteiger partial charge in [0.1, 0.15) is 6.04 Å². The molecule has 0 aliphatic heterocycles. The Morgan fingerprint density at radius 1 is 1.18 bits per heavy atom. The van der Waals surface area contributed by atoms with Crippen molar-refractivity contribution in [3.63, 3.8) is 0 Å². The molecule has 0 rings (SSSR count). The van der Waals surface area contributed by atoms with E-state index < -0.39 is 35.2 Å². The molecule has 6 nitrogen and oxygen atoms in total. The Kier molecular flexibility index (Phi) is 13.1. The van der Waals surface area contributed by atoms with Crippen molar-refractivity contribution < 1.29 is 58.9 Å². The number of carboxylic acid groups (broad SMARTS) is 2. The minimum atomic E-state index is -1.38. The van der Waals surface area contributed by atoms with E-state index in [2.05, 4.69) is 6.92 Å². The summed E-state index contributed by atoms with van der Waals surface area (Å²) in [5.41, 5.74) is 0. The molecule has 0 aliphatic rings. The predicted octanol–water partition coefficient (Wildman–Crippen LogP) is -2.15. The molecule has 0 fully saturated rings.